The number of anilines is 1. The van der Waals surface area contributed by atoms with Crippen molar-refractivity contribution in [3.8, 4) is 6.07 Å². The first-order chi connectivity index (χ1) is 9.02. The number of amides is 1. The number of rotatable bonds is 2. The van der Waals surface area contributed by atoms with Gasteiger partial charge in [-0.1, -0.05) is 0 Å². The highest BCUT2D eigenvalue weighted by Gasteiger charge is 2.16. The molecule has 0 radical (unpaired) electrons. The van der Waals surface area contributed by atoms with E-state index < -0.39 is 23.4 Å². The minimum absolute atomic E-state index is 0.237. The summed E-state index contributed by atoms with van der Waals surface area (Å²) in [5, 5.41) is 12.9. The normalized spacial score (nSPS) is 10.0. The van der Waals surface area contributed by atoms with Gasteiger partial charge in [-0.05, 0) is 23.6 Å². The molecular weight excluding hydrogens is 277 g/mol. The van der Waals surface area contributed by atoms with E-state index in [4.69, 9.17) is 5.26 Å². The van der Waals surface area contributed by atoms with Gasteiger partial charge < -0.3 is 5.32 Å². The molecule has 0 spiro atoms. The van der Waals surface area contributed by atoms with Gasteiger partial charge in [0.2, 0.25) is 0 Å². The molecule has 96 valence electrons. The number of nitrogens with zero attached hydrogens (tertiary/aromatic N) is 1. The summed E-state index contributed by atoms with van der Waals surface area (Å²) < 4.78 is 38.7. The van der Waals surface area contributed by atoms with Crippen LogP contribution < -0.4 is 5.32 Å². The fourth-order valence-electron chi connectivity index (χ4n) is 1.36. The lowest BCUT2D eigenvalue weighted by atomic mass is 10.2. The molecule has 1 aromatic heterocycles. The van der Waals surface area contributed by atoms with Crippen molar-refractivity contribution in [2.45, 2.75) is 0 Å². The van der Waals surface area contributed by atoms with Crippen LogP contribution in [0.3, 0.4) is 0 Å². The highest BCUT2D eigenvalue weighted by molar-refractivity contribution is 7.14. The number of benzene rings is 1. The largest absolute Gasteiger partial charge is 0.312 e. The van der Waals surface area contributed by atoms with Crippen LogP contribution in [0.25, 0.3) is 0 Å². The van der Waals surface area contributed by atoms with Gasteiger partial charge in [-0.3, -0.25) is 4.79 Å². The Kier molecular flexibility index (Phi) is 3.53. The maximum atomic E-state index is 13.0. The van der Waals surface area contributed by atoms with Crippen molar-refractivity contribution >= 4 is 22.2 Å². The standard InChI is InChI=1S/C12H5F3N2OS/c13-8-3-7(4-9(14)10(8)15)11(18)17-12-6(5-16)1-2-19-12/h1-4H,(H,17,18). The van der Waals surface area contributed by atoms with Gasteiger partial charge in [0, 0.05) is 5.56 Å². The van der Waals surface area contributed by atoms with Crippen molar-refractivity contribution in [2.24, 2.45) is 0 Å². The molecule has 0 atom stereocenters. The van der Waals surface area contributed by atoms with Gasteiger partial charge in [0.1, 0.15) is 11.1 Å². The van der Waals surface area contributed by atoms with E-state index in [1.165, 1.54) is 6.07 Å². The predicted octanol–water partition coefficient (Wildman–Crippen LogP) is 3.29. The summed E-state index contributed by atoms with van der Waals surface area (Å²) in [6.45, 7) is 0. The van der Waals surface area contributed by atoms with Crippen LogP contribution in [0.5, 0.6) is 0 Å². The second-order valence-corrected chi connectivity index (χ2v) is 4.40. The fraction of sp³-hybridized carbons (Fsp3) is 0. The van der Waals surface area contributed by atoms with Crippen LogP contribution in [0.1, 0.15) is 15.9 Å². The van der Waals surface area contributed by atoms with Gasteiger partial charge in [0.15, 0.2) is 17.5 Å². The average molecular weight is 282 g/mol. The van der Waals surface area contributed by atoms with Crippen LogP contribution in [0, 0.1) is 28.8 Å². The highest BCUT2D eigenvalue weighted by atomic mass is 32.1. The van der Waals surface area contributed by atoms with E-state index >= 15 is 0 Å². The van der Waals surface area contributed by atoms with Crippen LogP contribution in [-0.4, -0.2) is 5.91 Å². The number of hydrogen-bond donors (Lipinski definition) is 1. The molecule has 0 bridgehead atoms. The summed E-state index contributed by atoms with van der Waals surface area (Å²) in [4.78, 5) is 11.7. The summed E-state index contributed by atoms with van der Waals surface area (Å²) in [7, 11) is 0. The number of thiophene rings is 1. The Morgan fingerprint density at radius 1 is 1.26 bits per heavy atom. The number of carbonyl (C=O) groups excluding carboxylic acids is 1. The number of nitriles is 1. The van der Waals surface area contributed by atoms with Crippen molar-refractivity contribution in [1.29, 1.82) is 5.26 Å². The fourth-order valence-corrected chi connectivity index (χ4v) is 2.09. The van der Waals surface area contributed by atoms with Gasteiger partial charge in [-0.25, -0.2) is 13.2 Å². The molecule has 1 heterocycles. The van der Waals surface area contributed by atoms with Crippen LogP contribution in [-0.2, 0) is 0 Å². The lowest BCUT2D eigenvalue weighted by molar-refractivity contribution is 0.102. The molecule has 7 heteroatoms. The first kappa shape index (κ1) is 13.1. The molecule has 0 aliphatic heterocycles. The summed E-state index contributed by atoms with van der Waals surface area (Å²) >= 11 is 1.09. The molecule has 0 fully saturated rings. The van der Waals surface area contributed by atoms with E-state index in [0.717, 1.165) is 11.3 Å². The molecule has 1 N–H and O–H groups in total. The summed E-state index contributed by atoms with van der Waals surface area (Å²) in [6.07, 6.45) is 0. The lowest BCUT2D eigenvalue weighted by Crippen LogP contribution is -2.13. The maximum absolute atomic E-state index is 13.0. The zero-order valence-corrected chi connectivity index (χ0v) is 10.0. The van der Waals surface area contributed by atoms with E-state index in [-0.39, 0.29) is 16.1 Å². The number of nitrogens with one attached hydrogen (secondary N) is 1. The molecule has 2 aromatic rings. The van der Waals surface area contributed by atoms with Crippen molar-refractivity contribution in [1.82, 2.24) is 0 Å². The number of hydrogen-bond acceptors (Lipinski definition) is 3. The Morgan fingerprint density at radius 2 is 1.89 bits per heavy atom. The summed E-state index contributed by atoms with van der Waals surface area (Å²) in [5.74, 6) is -5.35. The van der Waals surface area contributed by atoms with Gasteiger partial charge in [0.05, 0.1) is 5.56 Å². The third-order valence-corrected chi connectivity index (χ3v) is 3.09. The Hall–Kier alpha value is -2.33. The molecule has 0 saturated heterocycles. The van der Waals surface area contributed by atoms with Crippen molar-refractivity contribution in [3.63, 3.8) is 0 Å². The van der Waals surface area contributed by atoms with Crippen LogP contribution in [0.4, 0.5) is 18.2 Å². The van der Waals surface area contributed by atoms with Gasteiger partial charge in [-0.2, -0.15) is 5.26 Å². The van der Waals surface area contributed by atoms with Crippen molar-refractivity contribution in [2.75, 3.05) is 5.32 Å². The quantitative estimate of drug-likeness (QED) is 0.859. The Balaban J connectivity index is 2.29. The summed E-state index contributed by atoms with van der Waals surface area (Å²) in [6, 6.07) is 4.53. The Bertz CT molecular complexity index is 668. The molecule has 0 unspecified atom stereocenters. The first-order valence-corrected chi connectivity index (χ1v) is 5.84. The van der Waals surface area contributed by atoms with Crippen molar-refractivity contribution in [3.05, 3.63) is 52.2 Å². The number of carbonyl (C=O) groups is 1. The minimum atomic E-state index is -1.63. The molecule has 3 nitrogen and oxygen atoms in total. The molecule has 1 amide bonds. The molecule has 2 rings (SSSR count). The SMILES string of the molecule is N#Cc1ccsc1NC(=O)c1cc(F)c(F)c(F)c1. The third-order valence-electron chi connectivity index (χ3n) is 2.26. The lowest BCUT2D eigenvalue weighted by Gasteiger charge is -2.04. The predicted molar refractivity (Wildman–Crippen MR) is 63.3 cm³/mol. The third kappa shape index (κ3) is 2.58. The van der Waals surface area contributed by atoms with E-state index in [0.29, 0.717) is 12.1 Å². The van der Waals surface area contributed by atoms with Crippen LogP contribution >= 0.6 is 11.3 Å². The topological polar surface area (TPSA) is 52.9 Å². The van der Waals surface area contributed by atoms with Gasteiger partial charge in [0.25, 0.3) is 5.91 Å². The minimum Gasteiger partial charge on any atom is -0.312 e. The van der Waals surface area contributed by atoms with Gasteiger partial charge >= 0.3 is 0 Å². The molecule has 0 aliphatic carbocycles. The maximum Gasteiger partial charge on any atom is 0.256 e. The second-order valence-electron chi connectivity index (χ2n) is 3.48. The monoisotopic (exact) mass is 282 g/mol. The zero-order chi connectivity index (χ0) is 14.0. The second kappa shape index (κ2) is 5.12. The van der Waals surface area contributed by atoms with Crippen molar-refractivity contribution < 1.29 is 18.0 Å². The van der Waals surface area contributed by atoms with E-state index in [1.807, 2.05) is 6.07 Å². The summed E-state index contributed by atoms with van der Waals surface area (Å²) in [5.41, 5.74) is -0.130. The highest BCUT2D eigenvalue weighted by Crippen LogP contribution is 2.23. The van der Waals surface area contributed by atoms with Crippen LogP contribution in [0.2, 0.25) is 0 Å². The van der Waals surface area contributed by atoms with E-state index in [9.17, 15) is 18.0 Å². The molecule has 0 aliphatic rings. The molecule has 1 aromatic carbocycles. The van der Waals surface area contributed by atoms with E-state index in [2.05, 4.69) is 5.32 Å². The average Bonchev–Trinajstić information content (AvgIpc) is 2.82. The Morgan fingerprint density at radius 3 is 2.47 bits per heavy atom. The van der Waals surface area contributed by atoms with Crippen LogP contribution in [0.15, 0.2) is 23.6 Å². The zero-order valence-electron chi connectivity index (χ0n) is 9.21. The Labute approximate surface area is 109 Å². The number of halogens is 3. The van der Waals surface area contributed by atoms with E-state index in [1.54, 1.807) is 5.38 Å². The molecule has 0 saturated carbocycles. The van der Waals surface area contributed by atoms with Gasteiger partial charge in [-0.15, -0.1) is 11.3 Å². The molecular formula is C12H5F3N2OS. The molecule has 19 heavy (non-hydrogen) atoms. The first-order valence-electron chi connectivity index (χ1n) is 4.96. The smallest absolute Gasteiger partial charge is 0.256 e.